The fraction of sp³-hybridized carbons (Fsp3) is 0.667. The number of ether oxygens (including phenoxy) is 2. The van der Waals surface area contributed by atoms with Gasteiger partial charge in [0.25, 0.3) is 0 Å². The Labute approximate surface area is 151 Å². The molecule has 134 valence electrons. The van der Waals surface area contributed by atoms with E-state index in [1.54, 1.807) is 0 Å². The summed E-state index contributed by atoms with van der Waals surface area (Å²) in [5.74, 6) is -0.808. The summed E-state index contributed by atoms with van der Waals surface area (Å²) >= 11 is 6.56. The number of hydrogen-bond acceptors (Lipinski definition) is 3. The Morgan fingerprint density at radius 3 is 2.38 bits per heavy atom. The molecule has 1 saturated carbocycles. The predicted molar refractivity (Wildman–Crippen MR) is 97.3 cm³/mol. The second-order valence-corrected chi connectivity index (χ2v) is 9.90. The first-order valence-electron chi connectivity index (χ1n) is 8.53. The van der Waals surface area contributed by atoms with E-state index in [4.69, 9.17) is 21.1 Å². The minimum atomic E-state index is -1.27. The zero-order valence-electron chi connectivity index (χ0n) is 14.6. The molecule has 1 aromatic carbocycles. The van der Waals surface area contributed by atoms with Crippen LogP contribution in [-0.2, 0) is 26.0 Å². The number of halogens is 1. The highest BCUT2D eigenvalue weighted by molar-refractivity contribution is 7.84. The summed E-state index contributed by atoms with van der Waals surface area (Å²) in [6.07, 6.45) is 3.58. The Balaban J connectivity index is 2.13. The predicted octanol–water partition coefficient (Wildman–Crippen LogP) is 3.90. The lowest BCUT2D eigenvalue weighted by molar-refractivity contribution is -0.230. The third kappa shape index (κ3) is 3.06. The van der Waals surface area contributed by atoms with Crippen LogP contribution in [0.1, 0.15) is 52.0 Å². The molecule has 1 aliphatic heterocycles. The van der Waals surface area contributed by atoms with Crippen LogP contribution in [0.15, 0.2) is 24.3 Å². The van der Waals surface area contributed by atoms with Gasteiger partial charge < -0.3 is 9.47 Å². The quantitative estimate of drug-likeness (QED) is 0.876. The molecule has 0 aromatic heterocycles. The molecule has 2 aliphatic rings. The molecular formula is C18H26ClNO3S. The van der Waals surface area contributed by atoms with Crippen LogP contribution in [-0.4, -0.2) is 28.0 Å². The molecule has 0 unspecified atom stereocenters. The van der Waals surface area contributed by atoms with Crippen LogP contribution in [0.4, 0.5) is 0 Å². The Morgan fingerprint density at radius 2 is 1.75 bits per heavy atom. The first-order chi connectivity index (χ1) is 11.3. The summed E-state index contributed by atoms with van der Waals surface area (Å²) in [5, 5.41) is 0.649. The van der Waals surface area contributed by atoms with Crippen molar-refractivity contribution in [2.24, 2.45) is 0 Å². The van der Waals surface area contributed by atoms with Gasteiger partial charge in [-0.2, -0.15) is 0 Å². The maximum absolute atomic E-state index is 13.0. The van der Waals surface area contributed by atoms with Gasteiger partial charge >= 0.3 is 0 Å². The van der Waals surface area contributed by atoms with E-state index in [0.717, 1.165) is 31.2 Å². The molecule has 1 heterocycles. The molecule has 2 fully saturated rings. The van der Waals surface area contributed by atoms with E-state index in [1.807, 2.05) is 45.0 Å². The molecule has 0 radical (unpaired) electrons. The third-order valence-electron chi connectivity index (χ3n) is 4.87. The Kier molecular flexibility index (Phi) is 5.11. The van der Waals surface area contributed by atoms with E-state index in [1.165, 1.54) is 0 Å². The standard InChI is InChI=1S/C18H26ClNO3S/c1-16(2,3)24(21)20-17(14-8-4-5-9-15(14)19)10-6-7-11-18(17)22-12-13-23-18/h4-5,8-9,20H,6-7,10-13H2,1-3H3/t17-,24+/m1/s1. The Morgan fingerprint density at radius 1 is 1.12 bits per heavy atom. The summed E-state index contributed by atoms with van der Waals surface area (Å²) in [6.45, 7) is 6.99. The molecule has 1 spiro atoms. The fourth-order valence-electron chi connectivity index (χ4n) is 3.64. The van der Waals surface area contributed by atoms with Crippen LogP contribution in [0.3, 0.4) is 0 Å². The Bertz CT molecular complexity index is 625. The molecule has 0 amide bonds. The van der Waals surface area contributed by atoms with E-state index >= 15 is 0 Å². The summed E-state index contributed by atoms with van der Waals surface area (Å²) < 4.78 is 28.3. The minimum absolute atomic E-state index is 0.397. The van der Waals surface area contributed by atoms with Gasteiger partial charge in [0.1, 0.15) is 5.54 Å². The van der Waals surface area contributed by atoms with Gasteiger partial charge in [0, 0.05) is 11.4 Å². The molecule has 3 rings (SSSR count). The van der Waals surface area contributed by atoms with Gasteiger partial charge in [0.05, 0.1) is 28.9 Å². The van der Waals surface area contributed by atoms with Crippen molar-refractivity contribution in [3.8, 4) is 0 Å². The normalized spacial score (nSPS) is 28.2. The molecular weight excluding hydrogens is 346 g/mol. The molecule has 1 N–H and O–H groups in total. The molecule has 1 saturated heterocycles. The van der Waals surface area contributed by atoms with Gasteiger partial charge in [0.2, 0.25) is 0 Å². The summed E-state index contributed by atoms with van der Waals surface area (Å²) in [6, 6.07) is 7.74. The summed E-state index contributed by atoms with van der Waals surface area (Å²) in [4.78, 5) is 0. The highest BCUT2D eigenvalue weighted by Gasteiger charge is 2.59. The first-order valence-corrected chi connectivity index (χ1v) is 10.1. The van der Waals surface area contributed by atoms with E-state index in [-0.39, 0.29) is 0 Å². The monoisotopic (exact) mass is 371 g/mol. The fourth-order valence-corrected chi connectivity index (χ4v) is 4.93. The van der Waals surface area contributed by atoms with Gasteiger partial charge in [-0.1, -0.05) is 36.2 Å². The molecule has 1 aliphatic carbocycles. The van der Waals surface area contributed by atoms with Crippen molar-refractivity contribution in [2.45, 2.75) is 62.5 Å². The van der Waals surface area contributed by atoms with Gasteiger partial charge in [0.15, 0.2) is 5.79 Å². The smallest absolute Gasteiger partial charge is 0.191 e. The maximum atomic E-state index is 13.0. The van der Waals surface area contributed by atoms with Gasteiger partial charge in [-0.05, 0) is 45.2 Å². The number of benzene rings is 1. The second-order valence-electron chi connectivity index (χ2n) is 7.53. The van der Waals surface area contributed by atoms with Crippen molar-refractivity contribution < 1.29 is 13.7 Å². The van der Waals surface area contributed by atoms with E-state index in [9.17, 15) is 4.21 Å². The minimum Gasteiger partial charge on any atom is -0.345 e. The van der Waals surface area contributed by atoms with Crippen molar-refractivity contribution in [2.75, 3.05) is 13.2 Å². The maximum Gasteiger partial charge on any atom is 0.191 e. The van der Waals surface area contributed by atoms with Crippen LogP contribution in [0.5, 0.6) is 0 Å². The van der Waals surface area contributed by atoms with Crippen molar-refractivity contribution >= 4 is 22.6 Å². The lowest BCUT2D eigenvalue weighted by Crippen LogP contribution is -2.64. The van der Waals surface area contributed by atoms with Crippen LogP contribution >= 0.6 is 11.6 Å². The van der Waals surface area contributed by atoms with Gasteiger partial charge in [-0.15, -0.1) is 0 Å². The lowest BCUT2D eigenvalue weighted by atomic mass is 9.72. The van der Waals surface area contributed by atoms with Crippen molar-refractivity contribution in [1.29, 1.82) is 0 Å². The second kappa shape index (κ2) is 6.69. The van der Waals surface area contributed by atoms with Crippen molar-refractivity contribution in [1.82, 2.24) is 4.72 Å². The average molecular weight is 372 g/mol. The largest absolute Gasteiger partial charge is 0.345 e. The summed E-state index contributed by atoms with van der Waals surface area (Å²) in [7, 11) is -1.27. The topological polar surface area (TPSA) is 47.6 Å². The number of nitrogens with one attached hydrogen (secondary N) is 1. The zero-order chi connectivity index (χ0) is 17.4. The van der Waals surface area contributed by atoms with Crippen LogP contribution in [0.2, 0.25) is 5.02 Å². The number of rotatable bonds is 3. The van der Waals surface area contributed by atoms with Gasteiger partial charge in [-0.3, -0.25) is 0 Å². The van der Waals surface area contributed by atoms with Crippen LogP contribution in [0.25, 0.3) is 0 Å². The molecule has 6 heteroatoms. The average Bonchev–Trinajstić information content (AvgIpc) is 2.99. The molecule has 0 bridgehead atoms. The van der Waals surface area contributed by atoms with Crippen molar-refractivity contribution in [3.05, 3.63) is 34.9 Å². The zero-order valence-corrected chi connectivity index (χ0v) is 16.1. The molecule has 2 atom stereocenters. The van der Waals surface area contributed by atoms with E-state index in [2.05, 4.69) is 4.72 Å². The van der Waals surface area contributed by atoms with E-state index in [0.29, 0.717) is 18.2 Å². The highest BCUT2D eigenvalue weighted by Crippen LogP contribution is 2.51. The van der Waals surface area contributed by atoms with Crippen LogP contribution in [0, 0.1) is 0 Å². The summed E-state index contributed by atoms with van der Waals surface area (Å²) in [5.41, 5.74) is 0.198. The Hall–Kier alpha value is -0.460. The van der Waals surface area contributed by atoms with Gasteiger partial charge in [-0.25, -0.2) is 8.93 Å². The first kappa shape index (κ1) is 18.3. The van der Waals surface area contributed by atoms with Crippen molar-refractivity contribution in [3.63, 3.8) is 0 Å². The van der Waals surface area contributed by atoms with Crippen LogP contribution < -0.4 is 4.72 Å². The number of hydrogen-bond donors (Lipinski definition) is 1. The highest BCUT2D eigenvalue weighted by atomic mass is 35.5. The molecule has 4 nitrogen and oxygen atoms in total. The SMILES string of the molecule is CC(C)(C)[S@](=O)N[C@@]1(c2ccccc2Cl)CCCCC12OCCO2. The lowest BCUT2D eigenvalue weighted by Gasteiger charge is -2.51. The van der Waals surface area contributed by atoms with E-state index < -0.39 is 27.1 Å². The molecule has 24 heavy (non-hydrogen) atoms. The third-order valence-corrected chi connectivity index (χ3v) is 6.84. The molecule has 1 aromatic rings.